The molecule has 0 fully saturated rings. The maximum Gasteiger partial charge on any atom is 0.0440 e. The zero-order chi connectivity index (χ0) is 8.36. The van der Waals surface area contributed by atoms with E-state index in [1.54, 1.807) is 0 Å². The maximum absolute atomic E-state index is 8.40. The van der Waals surface area contributed by atoms with Crippen molar-refractivity contribution in [2.45, 2.75) is 32.6 Å². The number of hydrogen-bond acceptors (Lipinski definition) is 1. The molecule has 0 saturated heterocycles. The van der Waals surface area contributed by atoms with Gasteiger partial charge in [0, 0.05) is 19.4 Å². The van der Waals surface area contributed by atoms with Crippen molar-refractivity contribution >= 4 is 0 Å². The first-order chi connectivity index (χ1) is 5.41. The molecule has 0 unspecified atom stereocenters. The molecule has 0 aromatic heterocycles. The van der Waals surface area contributed by atoms with Gasteiger partial charge in [0.1, 0.15) is 0 Å². The van der Waals surface area contributed by atoms with Gasteiger partial charge in [-0.1, -0.05) is 18.8 Å². The smallest absolute Gasteiger partial charge is 0.0440 e. The van der Waals surface area contributed by atoms with Crippen LogP contribution >= 0.6 is 0 Å². The van der Waals surface area contributed by atoms with E-state index >= 15 is 0 Å². The van der Waals surface area contributed by atoms with E-state index in [0.717, 1.165) is 25.7 Å². The molecule has 1 nitrogen and oxygen atoms in total. The fourth-order valence-electron chi connectivity index (χ4n) is 0.506. The van der Waals surface area contributed by atoms with Crippen LogP contribution in [-0.4, -0.2) is 11.7 Å². The van der Waals surface area contributed by atoms with Gasteiger partial charge in [-0.05, 0) is 24.7 Å². The Hall–Kier alpha value is -0.920. The number of rotatable bonds is 3. The van der Waals surface area contributed by atoms with Crippen LogP contribution in [0, 0.1) is 23.7 Å². The second kappa shape index (κ2) is 9.08. The third kappa shape index (κ3) is 9.08. The summed E-state index contributed by atoms with van der Waals surface area (Å²) in [6.45, 7) is 2.31. The zero-order valence-electron chi connectivity index (χ0n) is 6.98. The molecule has 0 aromatic carbocycles. The highest BCUT2D eigenvalue weighted by Gasteiger charge is 1.75. The Labute approximate surface area is 68.8 Å². The minimum absolute atomic E-state index is 0.219. The summed E-state index contributed by atoms with van der Waals surface area (Å²) < 4.78 is 0. The molecule has 0 atom stereocenters. The first-order valence-corrected chi connectivity index (χ1v) is 3.98. The van der Waals surface area contributed by atoms with Crippen LogP contribution in [0.1, 0.15) is 32.6 Å². The highest BCUT2D eigenvalue weighted by Crippen LogP contribution is 1.82. The van der Waals surface area contributed by atoms with E-state index in [1.165, 1.54) is 0 Å². The van der Waals surface area contributed by atoms with Gasteiger partial charge in [0.25, 0.3) is 0 Å². The SMILES string of the molecule is CCCC#CC#CCCCO. The topological polar surface area (TPSA) is 20.2 Å². The van der Waals surface area contributed by atoms with Gasteiger partial charge in [-0.3, -0.25) is 0 Å². The molecule has 0 saturated carbocycles. The van der Waals surface area contributed by atoms with E-state index in [0.29, 0.717) is 0 Å². The predicted octanol–water partition coefficient (Wildman–Crippen LogP) is 1.57. The largest absolute Gasteiger partial charge is 0.396 e. The molecule has 0 bridgehead atoms. The van der Waals surface area contributed by atoms with E-state index in [-0.39, 0.29) is 6.61 Å². The minimum Gasteiger partial charge on any atom is -0.396 e. The molecular weight excluding hydrogens is 136 g/mol. The summed E-state index contributed by atoms with van der Waals surface area (Å²) in [6, 6.07) is 0. The minimum atomic E-state index is 0.219. The molecule has 0 radical (unpaired) electrons. The molecule has 1 heteroatoms. The number of aliphatic hydroxyl groups excluding tert-OH is 1. The summed E-state index contributed by atoms with van der Waals surface area (Å²) in [5.74, 6) is 11.3. The molecule has 0 aliphatic carbocycles. The van der Waals surface area contributed by atoms with Crippen LogP contribution in [0.4, 0.5) is 0 Å². The van der Waals surface area contributed by atoms with Crippen molar-refractivity contribution in [3.8, 4) is 23.7 Å². The molecule has 0 rings (SSSR count). The third-order valence-corrected chi connectivity index (χ3v) is 1.07. The Morgan fingerprint density at radius 2 is 1.73 bits per heavy atom. The number of unbranched alkanes of at least 4 members (excludes halogenated alkanes) is 2. The summed E-state index contributed by atoms with van der Waals surface area (Å²) in [7, 11) is 0. The fraction of sp³-hybridized carbons (Fsp3) is 0.600. The molecule has 0 heterocycles. The van der Waals surface area contributed by atoms with Crippen molar-refractivity contribution in [1.82, 2.24) is 0 Å². The molecule has 0 spiro atoms. The van der Waals surface area contributed by atoms with Gasteiger partial charge in [0.15, 0.2) is 0 Å². The van der Waals surface area contributed by atoms with Crippen LogP contribution in [0.25, 0.3) is 0 Å². The molecule has 11 heavy (non-hydrogen) atoms. The van der Waals surface area contributed by atoms with Gasteiger partial charge >= 0.3 is 0 Å². The van der Waals surface area contributed by atoms with Crippen LogP contribution in [0.3, 0.4) is 0 Å². The molecule has 60 valence electrons. The van der Waals surface area contributed by atoms with E-state index in [9.17, 15) is 0 Å². The monoisotopic (exact) mass is 150 g/mol. The second-order valence-corrected chi connectivity index (χ2v) is 2.18. The number of aliphatic hydroxyl groups is 1. The average Bonchev–Trinajstić information content (AvgIpc) is 2.03. The maximum atomic E-state index is 8.40. The van der Waals surface area contributed by atoms with Crippen molar-refractivity contribution in [3.63, 3.8) is 0 Å². The van der Waals surface area contributed by atoms with Gasteiger partial charge in [-0.15, -0.1) is 0 Å². The van der Waals surface area contributed by atoms with E-state index in [2.05, 4.69) is 30.6 Å². The highest BCUT2D eigenvalue weighted by atomic mass is 16.2. The Kier molecular flexibility index (Phi) is 8.32. The van der Waals surface area contributed by atoms with Gasteiger partial charge in [-0.2, -0.15) is 0 Å². The predicted molar refractivity (Wildman–Crippen MR) is 46.8 cm³/mol. The van der Waals surface area contributed by atoms with Gasteiger partial charge in [0.05, 0.1) is 0 Å². The lowest BCUT2D eigenvalue weighted by atomic mass is 10.3. The lowest BCUT2D eigenvalue weighted by Gasteiger charge is -1.80. The molecule has 0 amide bonds. The lowest BCUT2D eigenvalue weighted by molar-refractivity contribution is 0.290. The standard InChI is InChI=1S/C10H14O/c1-2-3-4-5-6-7-8-9-10-11/h11H,2-3,8-10H2,1H3. The van der Waals surface area contributed by atoms with Crippen LogP contribution in [-0.2, 0) is 0 Å². The average molecular weight is 150 g/mol. The highest BCUT2D eigenvalue weighted by molar-refractivity contribution is 5.25. The number of hydrogen-bond donors (Lipinski definition) is 1. The first kappa shape index (κ1) is 10.1. The van der Waals surface area contributed by atoms with Gasteiger partial charge < -0.3 is 5.11 Å². The molecule has 0 aliphatic heterocycles. The van der Waals surface area contributed by atoms with Gasteiger partial charge in [-0.25, -0.2) is 0 Å². The lowest BCUT2D eigenvalue weighted by Crippen LogP contribution is -1.77. The van der Waals surface area contributed by atoms with Crippen molar-refractivity contribution in [1.29, 1.82) is 0 Å². The molecule has 0 aromatic rings. The summed E-state index contributed by atoms with van der Waals surface area (Å²) in [5, 5.41) is 8.40. The van der Waals surface area contributed by atoms with E-state index < -0.39 is 0 Å². The Bertz CT molecular complexity index is 184. The Morgan fingerprint density at radius 1 is 1.09 bits per heavy atom. The van der Waals surface area contributed by atoms with Gasteiger partial charge in [0.2, 0.25) is 0 Å². The summed E-state index contributed by atoms with van der Waals surface area (Å²) in [5.41, 5.74) is 0. The summed E-state index contributed by atoms with van der Waals surface area (Å²) >= 11 is 0. The van der Waals surface area contributed by atoms with Crippen molar-refractivity contribution < 1.29 is 5.11 Å². The quantitative estimate of drug-likeness (QED) is 0.478. The van der Waals surface area contributed by atoms with Crippen LogP contribution in [0.5, 0.6) is 0 Å². The normalized spacial score (nSPS) is 7.45. The summed E-state index contributed by atoms with van der Waals surface area (Å²) in [6.07, 6.45) is 3.51. The zero-order valence-corrected chi connectivity index (χ0v) is 6.98. The Balaban J connectivity index is 3.33. The third-order valence-electron chi connectivity index (χ3n) is 1.07. The Morgan fingerprint density at radius 3 is 2.27 bits per heavy atom. The van der Waals surface area contributed by atoms with E-state index in [1.807, 2.05) is 0 Å². The van der Waals surface area contributed by atoms with Crippen LogP contribution in [0.15, 0.2) is 0 Å². The first-order valence-electron chi connectivity index (χ1n) is 3.98. The van der Waals surface area contributed by atoms with Crippen molar-refractivity contribution in [2.24, 2.45) is 0 Å². The van der Waals surface area contributed by atoms with Crippen molar-refractivity contribution in [3.05, 3.63) is 0 Å². The fourth-order valence-corrected chi connectivity index (χ4v) is 0.506. The van der Waals surface area contributed by atoms with Crippen molar-refractivity contribution in [2.75, 3.05) is 6.61 Å². The van der Waals surface area contributed by atoms with E-state index in [4.69, 9.17) is 5.11 Å². The molecule has 1 N–H and O–H groups in total. The molecular formula is C10H14O. The van der Waals surface area contributed by atoms with Crippen LogP contribution < -0.4 is 0 Å². The summed E-state index contributed by atoms with van der Waals surface area (Å²) in [4.78, 5) is 0. The van der Waals surface area contributed by atoms with Crippen LogP contribution in [0.2, 0.25) is 0 Å². The molecule has 0 aliphatic rings. The second-order valence-electron chi connectivity index (χ2n) is 2.18.